The molecule has 1 atom stereocenters. The van der Waals surface area contributed by atoms with Gasteiger partial charge >= 0.3 is 0 Å². The molecule has 1 N–H and O–H groups in total. The number of carbonyl (C=O) groups excluding carboxylic acids is 1. The van der Waals surface area contributed by atoms with Crippen LogP contribution in [0.4, 0.5) is 5.82 Å². The van der Waals surface area contributed by atoms with Crippen LogP contribution in [0.5, 0.6) is 0 Å². The number of nitrogens with zero attached hydrogens (tertiary/aromatic N) is 4. The van der Waals surface area contributed by atoms with Crippen LogP contribution in [0.1, 0.15) is 29.8 Å². The molecule has 0 bridgehead atoms. The lowest BCUT2D eigenvalue weighted by Crippen LogP contribution is -2.44. The predicted octanol–water partition coefficient (Wildman–Crippen LogP) is 2.64. The van der Waals surface area contributed by atoms with Crippen molar-refractivity contribution in [3.8, 4) is 6.07 Å². The maximum Gasteiger partial charge on any atom is 0.242 e. The van der Waals surface area contributed by atoms with Crippen LogP contribution in [-0.2, 0) is 11.2 Å². The summed E-state index contributed by atoms with van der Waals surface area (Å²) in [5.41, 5.74) is 1.73. The Morgan fingerprint density at radius 2 is 2.15 bits per heavy atom. The van der Waals surface area contributed by atoms with E-state index in [-0.39, 0.29) is 11.9 Å². The molecule has 1 saturated heterocycles. The minimum Gasteiger partial charge on any atom is -0.354 e. The maximum absolute atomic E-state index is 12.6. The summed E-state index contributed by atoms with van der Waals surface area (Å²) in [6, 6.07) is 11.0. The van der Waals surface area contributed by atoms with Gasteiger partial charge in [-0.25, -0.2) is 9.97 Å². The highest BCUT2D eigenvalue weighted by atomic mass is 35.5. The zero-order valence-electron chi connectivity index (χ0n) is 14.6. The Labute approximate surface area is 157 Å². The van der Waals surface area contributed by atoms with Gasteiger partial charge < -0.3 is 10.2 Å². The van der Waals surface area contributed by atoms with Crippen LogP contribution in [0.3, 0.4) is 0 Å². The molecule has 0 radical (unpaired) electrons. The summed E-state index contributed by atoms with van der Waals surface area (Å²) >= 11 is 6.03. The monoisotopic (exact) mass is 369 g/mol. The van der Waals surface area contributed by atoms with E-state index in [1.807, 2.05) is 17.0 Å². The largest absolute Gasteiger partial charge is 0.354 e. The van der Waals surface area contributed by atoms with Gasteiger partial charge in [-0.15, -0.1) is 0 Å². The van der Waals surface area contributed by atoms with Crippen molar-refractivity contribution in [1.82, 2.24) is 15.3 Å². The molecule has 1 amide bonds. The van der Waals surface area contributed by atoms with E-state index in [1.54, 1.807) is 25.1 Å². The number of anilines is 1. The van der Waals surface area contributed by atoms with Crippen molar-refractivity contribution in [2.45, 2.75) is 32.2 Å². The summed E-state index contributed by atoms with van der Waals surface area (Å²) in [5, 5.41) is 12.2. The second kappa shape index (κ2) is 8.15. The number of nitriles is 1. The van der Waals surface area contributed by atoms with Gasteiger partial charge in [-0.1, -0.05) is 23.7 Å². The molecule has 0 saturated carbocycles. The molecule has 2 aromatic rings. The smallest absolute Gasteiger partial charge is 0.242 e. The molecule has 1 fully saturated rings. The molecule has 0 aliphatic carbocycles. The Hall–Kier alpha value is -2.65. The van der Waals surface area contributed by atoms with Crippen LogP contribution >= 0.6 is 11.6 Å². The van der Waals surface area contributed by atoms with Crippen molar-refractivity contribution < 1.29 is 4.79 Å². The van der Waals surface area contributed by atoms with Gasteiger partial charge in [0.05, 0.1) is 11.6 Å². The summed E-state index contributed by atoms with van der Waals surface area (Å²) in [7, 11) is 0. The number of aryl methyl sites for hydroxylation is 1. The van der Waals surface area contributed by atoms with Crippen molar-refractivity contribution in [2.75, 3.05) is 18.0 Å². The quantitative estimate of drug-likeness (QED) is 0.819. The van der Waals surface area contributed by atoms with Crippen LogP contribution in [0.2, 0.25) is 5.15 Å². The van der Waals surface area contributed by atoms with Crippen LogP contribution in [-0.4, -0.2) is 35.0 Å². The van der Waals surface area contributed by atoms with Crippen LogP contribution in [0.15, 0.2) is 30.3 Å². The molecular weight excluding hydrogens is 350 g/mol. The molecule has 26 heavy (non-hydrogen) atoms. The minimum atomic E-state index is -0.235. The van der Waals surface area contributed by atoms with Crippen molar-refractivity contribution in [1.29, 1.82) is 5.26 Å². The van der Waals surface area contributed by atoms with E-state index in [1.165, 1.54) is 0 Å². The molecule has 1 aliphatic heterocycles. The second-order valence-corrected chi connectivity index (χ2v) is 6.68. The molecule has 1 aliphatic rings. The molecule has 1 unspecified atom stereocenters. The first-order valence-corrected chi connectivity index (χ1v) is 8.99. The standard InChI is InChI=1S/C19H20ClN5O/c1-13-23-17(20)11-18(24-13)25-10-2-3-16(25)19(26)22-9-8-14-4-6-15(12-21)7-5-14/h4-7,11,16H,2-3,8-10H2,1H3,(H,22,26). The topological polar surface area (TPSA) is 81.9 Å². The zero-order chi connectivity index (χ0) is 18.5. The molecule has 1 aromatic carbocycles. The Bertz CT molecular complexity index is 811. The third-order valence-electron chi connectivity index (χ3n) is 4.44. The van der Waals surface area contributed by atoms with Gasteiger partial charge in [-0.2, -0.15) is 5.26 Å². The molecule has 1 aromatic heterocycles. The molecule has 0 spiro atoms. The van der Waals surface area contributed by atoms with Crippen LogP contribution < -0.4 is 10.2 Å². The number of nitrogens with one attached hydrogen (secondary N) is 1. The van der Waals surface area contributed by atoms with Crippen molar-refractivity contribution in [3.05, 3.63) is 52.4 Å². The summed E-state index contributed by atoms with van der Waals surface area (Å²) < 4.78 is 0. The fourth-order valence-corrected chi connectivity index (χ4v) is 3.39. The van der Waals surface area contributed by atoms with E-state index >= 15 is 0 Å². The van der Waals surface area contributed by atoms with Crippen LogP contribution in [0.25, 0.3) is 0 Å². The third kappa shape index (κ3) is 4.30. The number of benzene rings is 1. The predicted molar refractivity (Wildman–Crippen MR) is 100 cm³/mol. The third-order valence-corrected chi connectivity index (χ3v) is 4.63. The van der Waals surface area contributed by atoms with E-state index < -0.39 is 0 Å². The normalized spacial score (nSPS) is 16.3. The number of hydrogen-bond donors (Lipinski definition) is 1. The van der Waals surface area contributed by atoms with E-state index in [0.29, 0.717) is 28.9 Å². The van der Waals surface area contributed by atoms with Gasteiger partial charge in [0.25, 0.3) is 0 Å². The fraction of sp³-hybridized carbons (Fsp3) is 0.368. The number of rotatable bonds is 5. The van der Waals surface area contributed by atoms with E-state index in [0.717, 1.165) is 31.4 Å². The second-order valence-electron chi connectivity index (χ2n) is 6.30. The number of hydrogen-bond acceptors (Lipinski definition) is 5. The van der Waals surface area contributed by atoms with Crippen LogP contribution in [0, 0.1) is 18.3 Å². The summed E-state index contributed by atoms with van der Waals surface area (Å²) in [6.07, 6.45) is 2.46. The van der Waals surface area contributed by atoms with E-state index in [4.69, 9.17) is 16.9 Å². The Kier molecular flexibility index (Phi) is 5.69. The maximum atomic E-state index is 12.6. The lowest BCUT2D eigenvalue weighted by molar-refractivity contribution is -0.122. The van der Waals surface area contributed by atoms with Gasteiger partial charge in [0.1, 0.15) is 22.8 Å². The van der Waals surface area contributed by atoms with Crippen molar-refractivity contribution in [3.63, 3.8) is 0 Å². The first kappa shape index (κ1) is 18.2. The fourth-order valence-electron chi connectivity index (χ4n) is 3.17. The van der Waals surface area contributed by atoms with E-state index in [2.05, 4.69) is 21.4 Å². The summed E-state index contributed by atoms with van der Waals surface area (Å²) in [5.74, 6) is 1.30. The average molecular weight is 370 g/mol. The molecule has 3 rings (SSSR count). The molecule has 6 nitrogen and oxygen atoms in total. The van der Waals surface area contributed by atoms with Gasteiger partial charge in [-0.3, -0.25) is 4.79 Å². The number of carbonyl (C=O) groups is 1. The Morgan fingerprint density at radius 3 is 2.85 bits per heavy atom. The van der Waals surface area contributed by atoms with E-state index in [9.17, 15) is 4.79 Å². The molecular formula is C19H20ClN5O. The highest BCUT2D eigenvalue weighted by Crippen LogP contribution is 2.25. The Balaban J connectivity index is 1.58. The van der Waals surface area contributed by atoms with Crippen molar-refractivity contribution in [2.24, 2.45) is 0 Å². The number of aromatic nitrogens is 2. The molecule has 2 heterocycles. The highest BCUT2D eigenvalue weighted by Gasteiger charge is 2.31. The summed E-state index contributed by atoms with van der Waals surface area (Å²) in [6.45, 7) is 3.12. The Morgan fingerprint density at radius 1 is 1.38 bits per heavy atom. The van der Waals surface area contributed by atoms with Crippen molar-refractivity contribution >= 4 is 23.3 Å². The first-order valence-electron chi connectivity index (χ1n) is 8.61. The number of amides is 1. The number of halogens is 1. The average Bonchev–Trinajstić information content (AvgIpc) is 3.11. The molecule has 134 valence electrons. The molecule has 7 heteroatoms. The van der Waals surface area contributed by atoms with Gasteiger partial charge in [0, 0.05) is 19.2 Å². The zero-order valence-corrected chi connectivity index (χ0v) is 15.3. The highest BCUT2D eigenvalue weighted by molar-refractivity contribution is 6.29. The lowest BCUT2D eigenvalue weighted by atomic mass is 10.1. The summed E-state index contributed by atoms with van der Waals surface area (Å²) in [4.78, 5) is 23.1. The lowest BCUT2D eigenvalue weighted by Gasteiger charge is -2.25. The minimum absolute atomic E-state index is 0.00327. The van der Waals surface area contributed by atoms with Gasteiger partial charge in [0.2, 0.25) is 5.91 Å². The first-order chi connectivity index (χ1) is 12.6. The van der Waals surface area contributed by atoms with Gasteiger partial charge in [-0.05, 0) is 43.9 Å². The van der Waals surface area contributed by atoms with Gasteiger partial charge in [0.15, 0.2) is 0 Å². The SMILES string of the molecule is Cc1nc(Cl)cc(N2CCCC2C(=O)NCCc2ccc(C#N)cc2)n1.